The van der Waals surface area contributed by atoms with Gasteiger partial charge in [-0.3, -0.25) is 0 Å². The molecule has 0 aliphatic heterocycles. The van der Waals surface area contributed by atoms with Crippen molar-refractivity contribution < 1.29 is 4.42 Å². The van der Waals surface area contributed by atoms with Crippen LogP contribution in [0.1, 0.15) is 26.3 Å². The monoisotopic (exact) mass is 202 g/mol. The van der Waals surface area contributed by atoms with Crippen LogP contribution in [-0.2, 0) is 5.41 Å². The van der Waals surface area contributed by atoms with Crippen LogP contribution in [0.15, 0.2) is 21.4 Å². The summed E-state index contributed by atoms with van der Waals surface area (Å²) in [4.78, 5) is 0. The van der Waals surface area contributed by atoms with Crippen molar-refractivity contribution in [2.75, 3.05) is 0 Å². The summed E-state index contributed by atoms with van der Waals surface area (Å²) in [6.45, 7) is 6.47. The van der Waals surface area contributed by atoms with Gasteiger partial charge in [0.1, 0.15) is 0 Å². The molecule has 2 heteroatoms. The zero-order valence-corrected chi connectivity index (χ0v) is 8.03. The molecule has 0 aromatic carbocycles. The molecule has 56 valence electrons. The van der Waals surface area contributed by atoms with Gasteiger partial charge in [0, 0.05) is 5.56 Å². The first-order chi connectivity index (χ1) is 4.52. The van der Waals surface area contributed by atoms with Crippen LogP contribution < -0.4 is 0 Å². The molecular weight excluding hydrogens is 192 g/mol. The molecule has 0 atom stereocenters. The van der Waals surface area contributed by atoms with Crippen LogP contribution in [0.5, 0.6) is 0 Å². The molecule has 0 aliphatic carbocycles. The quantitative estimate of drug-likeness (QED) is 0.630. The second-order valence-corrected chi connectivity index (χ2v) is 4.08. The average Bonchev–Trinajstić information content (AvgIpc) is 2.11. The predicted octanol–water partition coefficient (Wildman–Crippen LogP) is 3.34. The Hall–Kier alpha value is -0.240. The van der Waals surface area contributed by atoms with E-state index >= 15 is 0 Å². The van der Waals surface area contributed by atoms with E-state index in [0.717, 1.165) is 4.67 Å². The topological polar surface area (TPSA) is 13.1 Å². The first kappa shape index (κ1) is 7.86. The van der Waals surface area contributed by atoms with Crippen LogP contribution >= 0.6 is 15.9 Å². The van der Waals surface area contributed by atoms with E-state index in [0.29, 0.717) is 0 Å². The fourth-order valence-electron chi connectivity index (χ4n) is 0.836. The van der Waals surface area contributed by atoms with Crippen LogP contribution in [0.25, 0.3) is 0 Å². The number of furan rings is 1. The van der Waals surface area contributed by atoms with Crippen molar-refractivity contribution in [3.63, 3.8) is 0 Å². The Labute approximate surface area is 69.6 Å². The normalized spacial score (nSPS) is 12.0. The maximum Gasteiger partial charge on any atom is 0.172 e. The summed E-state index contributed by atoms with van der Waals surface area (Å²) >= 11 is 3.34. The molecule has 0 amide bonds. The predicted molar refractivity (Wildman–Crippen MR) is 45.1 cm³/mol. The highest BCUT2D eigenvalue weighted by molar-refractivity contribution is 9.10. The maximum absolute atomic E-state index is 5.11. The molecule has 10 heavy (non-hydrogen) atoms. The van der Waals surface area contributed by atoms with Crippen molar-refractivity contribution in [2.24, 2.45) is 0 Å². The molecule has 1 aromatic heterocycles. The summed E-state index contributed by atoms with van der Waals surface area (Å²) in [5, 5.41) is 0. The first-order valence-corrected chi connectivity index (χ1v) is 4.04. The minimum absolute atomic E-state index is 0.172. The summed E-state index contributed by atoms with van der Waals surface area (Å²) < 4.78 is 5.95. The van der Waals surface area contributed by atoms with E-state index in [2.05, 4.69) is 36.7 Å². The van der Waals surface area contributed by atoms with E-state index in [-0.39, 0.29) is 5.41 Å². The zero-order valence-electron chi connectivity index (χ0n) is 6.44. The fraction of sp³-hybridized carbons (Fsp3) is 0.500. The van der Waals surface area contributed by atoms with Gasteiger partial charge in [-0.05, 0) is 27.4 Å². The Morgan fingerprint density at radius 1 is 1.40 bits per heavy atom. The van der Waals surface area contributed by atoms with Gasteiger partial charge in [-0.25, -0.2) is 0 Å². The molecule has 1 rings (SSSR count). The van der Waals surface area contributed by atoms with Gasteiger partial charge in [-0.2, -0.15) is 0 Å². The molecule has 0 fully saturated rings. The van der Waals surface area contributed by atoms with Crippen molar-refractivity contribution in [1.29, 1.82) is 0 Å². The number of halogens is 1. The average molecular weight is 203 g/mol. The van der Waals surface area contributed by atoms with Gasteiger partial charge in [0.15, 0.2) is 4.67 Å². The van der Waals surface area contributed by atoms with Crippen molar-refractivity contribution in [1.82, 2.24) is 0 Å². The molecule has 1 nitrogen and oxygen atoms in total. The minimum Gasteiger partial charge on any atom is -0.457 e. The van der Waals surface area contributed by atoms with E-state index in [4.69, 9.17) is 4.42 Å². The molecule has 0 unspecified atom stereocenters. The summed E-state index contributed by atoms with van der Waals surface area (Å²) in [5.74, 6) is 0. The van der Waals surface area contributed by atoms with Gasteiger partial charge >= 0.3 is 0 Å². The molecule has 0 aliphatic rings. The molecular formula is C8H11BrO. The van der Waals surface area contributed by atoms with Gasteiger partial charge in [0.25, 0.3) is 0 Å². The fourth-order valence-corrected chi connectivity index (χ4v) is 1.67. The zero-order chi connectivity index (χ0) is 7.78. The van der Waals surface area contributed by atoms with Crippen LogP contribution in [0.3, 0.4) is 0 Å². The smallest absolute Gasteiger partial charge is 0.172 e. The van der Waals surface area contributed by atoms with Crippen molar-refractivity contribution in [3.8, 4) is 0 Å². The van der Waals surface area contributed by atoms with Crippen LogP contribution in [0.2, 0.25) is 0 Å². The number of hydrogen-bond donors (Lipinski definition) is 0. The molecule has 0 spiro atoms. The standard InChI is InChI=1S/C8H11BrO/c1-8(2,3)6-4-5-10-7(6)9/h4-5H,1-3H3. The molecule has 0 radical (unpaired) electrons. The van der Waals surface area contributed by atoms with E-state index in [1.807, 2.05) is 6.07 Å². The van der Waals surface area contributed by atoms with E-state index in [1.54, 1.807) is 6.26 Å². The molecule has 1 aromatic rings. The van der Waals surface area contributed by atoms with Gasteiger partial charge in [0.05, 0.1) is 6.26 Å². The Kier molecular flexibility index (Phi) is 1.90. The van der Waals surface area contributed by atoms with E-state index in [9.17, 15) is 0 Å². The molecule has 0 saturated carbocycles. The lowest BCUT2D eigenvalue weighted by Crippen LogP contribution is -2.09. The Morgan fingerprint density at radius 2 is 2.00 bits per heavy atom. The van der Waals surface area contributed by atoms with Crippen LogP contribution in [0.4, 0.5) is 0 Å². The van der Waals surface area contributed by atoms with Crippen molar-refractivity contribution in [3.05, 3.63) is 22.6 Å². The highest BCUT2D eigenvalue weighted by Crippen LogP contribution is 2.29. The number of hydrogen-bond acceptors (Lipinski definition) is 1. The van der Waals surface area contributed by atoms with Crippen LogP contribution in [0, 0.1) is 0 Å². The van der Waals surface area contributed by atoms with Gasteiger partial charge in [-0.1, -0.05) is 20.8 Å². The van der Waals surface area contributed by atoms with E-state index in [1.165, 1.54) is 5.56 Å². The van der Waals surface area contributed by atoms with Crippen molar-refractivity contribution in [2.45, 2.75) is 26.2 Å². The number of rotatable bonds is 0. The summed E-state index contributed by atoms with van der Waals surface area (Å²) in [7, 11) is 0. The highest BCUT2D eigenvalue weighted by atomic mass is 79.9. The first-order valence-electron chi connectivity index (χ1n) is 3.25. The molecule has 0 N–H and O–H groups in total. The largest absolute Gasteiger partial charge is 0.457 e. The highest BCUT2D eigenvalue weighted by Gasteiger charge is 2.18. The second kappa shape index (κ2) is 2.42. The lowest BCUT2D eigenvalue weighted by molar-refractivity contribution is 0.512. The lowest BCUT2D eigenvalue weighted by Gasteiger charge is -2.15. The third-order valence-electron chi connectivity index (χ3n) is 1.43. The minimum atomic E-state index is 0.172. The SMILES string of the molecule is CC(C)(C)c1ccoc1Br. The van der Waals surface area contributed by atoms with Gasteiger partial charge in [-0.15, -0.1) is 0 Å². The third kappa shape index (κ3) is 1.43. The Balaban J connectivity index is 3.05. The van der Waals surface area contributed by atoms with Gasteiger partial charge in [0.2, 0.25) is 0 Å². The summed E-state index contributed by atoms with van der Waals surface area (Å²) in [5.41, 5.74) is 1.39. The van der Waals surface area contributed by atoms with E-state index < -0.39 is 0 Å². The van der Waals surface area contributed by atoms with Crippen molar-refractivity contribution >= 4 is 15.9 Å². The van der Waals surface area contributed by atoms with Crippen LogP contribution in [-0.4, -0.2) is 0 Å². The third-order valence-corrected chi connectivity index (χ3v) is 2.04. The summed E-state index contributed by atoms with van der Waals surface area (Å²) in [6.07, 6.45) is 1.70. The maximum atomic E-state index is 5.11. The molecule has 0 bridgehead atoms. The Bertz CT molecular complexity index is 219. The summed E-state index contributed by atoms with van der Waals surface area (Å²) in [6, 6.07) is 1.99. The molecule has 1 heterocycles. The Morgan fingerprint density at radius 3 is 2.20 bits per heavy atom. The van der Waals surface area contributed by atoms with Gasteiger partial charge < -0.3 is 4.42 Å². The lowest BCUT2D eigenvalue weighted by atomic mass is 9.89. The second-order valence-electron chi connectivity index (χ2n) is 3.36. The molecule has 0 saturated heterocycles.